The number of rotatable bonds is 3. The van der Waals surface area contributed by atoms with E-state index in [0.717, 1.165) is 0 Å². The van der Waals surface area contributed by atoms with E-state index in [1.54, 1.807) is 6.92 Å². The van der Waals surface area contributed by atoms with Gasteiger partial charge in [0, 0.05) is 17.4 Å². The maximum absolute atomic E-state index is 9.65. The Labute approximate surface area is 47.8 Å². The van der Waals surface area contributed by atoms with Crippen LogP contribution in [0.1, 0.15) is 13.3 Å². The third-order valence-corrected chi connectivity index (χ3v) is 0.767. The molecule has 0 spiro atoms. The van der Waals surface area contributed by atoms with Gasteiger partial charge in [-0.2, -0.15) is 0 Å². The Morgan fingerprint density at radius 3 is 2.50 bits per heavy atom. The molecular formula is C4H10N2O2. The zero-order chi connectivity index (χ0) is 6.57. The van der Waals surface area contributed by atoms with Crippen molar-refractivity contribution in [1.82, 2.24) is 0 Å². The summed E-state index contributed by atoms with van der Waals surface area (Å²) in [5, 5.41) is 9.65. The zero-order valence-electron chi connectivity index (χ0n) is 4.83. The van der Waals surface area contributed by atoms with Gasteiger partial charge in [0.1, 0.15) is 0 Å². The van der Waals surface area contributed by atoms with E-state index in [0.29, 0.717) is 6.42 Å². The van der Waals surface area contributed by atoms with Gasteiger partial charge < -0.3 is 5.73 Å². The molecule has 0 aromatic carbocycles. The average molecular weight is 118 g/mol. The van der Waals surface area contributed by atoms with Crippen molar-refractivity contribution in [1.29, 1.82) is 0 Å². The SMILES string of the molecule is C[C@H](N)CC[N+](=O)[O-]. The standard InChI is InChI=1S/C4H10N2O2/c1-4(5)2-3-6(7)8/h4H,2-3,5H2,1H3/t4-/m0/s1. The van der Waals surface area contributed by atoms with E-state index in [4.69, 9.17) is 5.73 Å². The third kappa shape index (κ3) is 5.36. The molecule has 0 aliphatic carbocycles. The Balaban J connectivity index is 3.05. The van der Waals surface area contributed by atoms with Crippen LogP contribution in [-0.2, 0) is 0 Å². The van der Waals surface area contributed by atoms with Crippen LogP contribution in [0.5, 0.6) is 0 Å². The summed E-state index contributed by atoms with van der Waals surface area (Å²) in [4.78, 5) is 9.30. The molecule has 0 fully saturated rings. The molecule has 0 radical (unpaired) electrons. The van der Waals surface area contributed by atoms with Crippen LogP contribution >= 0.6 is 0 Å². The molecule has 0 aliphatic rings. The van der Waals surface area contributed by atoms with Crippen LogP contribution in [0, 0.1) is 10.1 Å². The molecule has 0 aliphatic heterocycles. The molecule has 48 valence electrons. The number of hydrogen-bond donors (Lipinski definition) is 1. The minimum Gasteiger partial charge on any atom is -0.328 e. The van der Waals surface area contributed by atoms with E-state index in [-0.39, 0.29) is 17.5 Å². The average Bonchev–Trinajstić information content (AvgIpc) is 1.61. The first-order valence-electron chi connectivity index (χ1n) is 2.50. The normalized spacial score (nSPS) is 13.2. The zero-order valence-corrected chi connectivity index (χ0v) is 4.83. The quantitative estimate of drug-likeness (QED) is 0.419. The predicted molar refractivity (Wildman–Crippen MR) is 30.1 cm³/mol. The van der Waals surface area contributed by atoms with Gasteiger partial charge in [-0.15, -0.1) is 0 Å². The van der Waals surface area contributed by atoms with Crippen molar-refractivity contribution in [3.05, 3.63) is 10.1 Å². The van der Waals surface area contributed by atoms with Gasteiger partial charge in [-0.05, 0) is 6.92 Å². The molecular weight excluding hydrogens is 108 g/mol. The van der Waals surface area contributed by atoms with Crippen molar-refractivity contribution in [2.24, 2.45) is 5.73 Å². The van der Waals surface area contributed by atoms with Gasteiger partial charge in [0.2, 0.25) is 6.54 Å². The van der Waals surface area contributed by atoms with Gasteiger partial charge in [0.05, 0.1) is 0 Å². The molecule has 4 nitrogen and oxygen atoms in total. The Morgan fingerprint density at radius 2 is 2.38 bits per heavy atom. The van der Waals surface area contributed by atoms with E-state index >= 15 is 0 Å². The van der Waals surface area contributed by atoms with E-state index in [9.17, 15) is 10.1 Å². The van der Waals surface area contributed by atoms with Gasteiger partial charge in [0.25, 0.3) is 0 Å². The first-order chi connectivity index (χ1) is 3.63. The second-order valence-electron chi connectivity index (χ2n) is 1.82. The summed E-state index contributed by atoms with van der Waals surface area (Å²) in [5.41, 5.74) is 5.24. The summed E-state index contributed by atoms with van der Waals surface area (Å²) in [6.45, 7) is 1.74. The van der Waals surface area contributed by atoms with Crippen molar-refractivity contribution in [2.75, 3.05) is 6.54 Å². The summed E-state index contributed by atoms with van der Waals surface area (Å²) in [5.74, 6) is 0. The fraction of sp³-hybridized carbons (Fsp3) is 1.00. The van der Waals surface area contributed by atoms with Gasteiger partial charge in [0.15, 0.2) is 0 Å². The molecule has 0 heterocycles. The van der Waals surface area contributed by atoms with Crippen molar-refractivity contribution in [2.45, 2.75) is 19.4 Å². The summed E-state index contributed by atoms with van der Waals surface area (Å²) in [6.07, 6.45) is 0.465. The second kappa shape index (κ2) is 3.37. The smallest absolute Gasteiger partial charge is 0.205 e. The van der Waals surface area contributed by atoms with Gasteiger partial charge in [-0.25, -0.2) is 0 Å². The molecule has 0 rings (SSSR count). The van der Waals surface area contributed by atoms with E-state index < -0.39 is 0 Å². The Kier molecular flexibility index (Phi) is 3.10. The molecule has 0 bridgehead atoms. The maximum atomic E-state index is 9.65. The summed E-state index contributed by atoms with van der Waals surface area (Å²) in [7, 11) is 0. The fourth-order valence-corrected chi connectivity index (χ4v) is 0.309. The van der Waals surface area contributed by atoms with Crippen molar-refractivity contribution in [3.8, 4) is 0 Å². The van der Waals surface area contributed by atoms with Crippen LogP contribution in [0.2, 0.25) is 0 Å². The third-order valence-electron chi connectivity index (χ3n) is 0.767. The van der Waals surface area contributed by atoms with Crippen molar-refractivity contribution < 1.29 is 4.92 Å². The van der Waals surface area contributed by atoms with Crippen LogP contribution in [0.15, 0.2) is 0 Å². The van der Waals surface area contributed by atoms with Gasteiger partial charge in [-0.3, -0.25) is 10.1 Å². The molecule has 1 atom stereocenters. The number of hydrogen-bond acceptors (Lipinski definition) is 3. The minimum atomic E-state index is -0.358. The van der Waals surface area contributed by atoms with Crippen LogP contribution in [-0.4, -0.2) is 17.5 Å². The highest BCUT2D eigenvalue weighted by Gasteiger charge is 1.98. The number of nitrogens with two attached hydrogens (primary N) is 1. The van der Waals surface area contributed by atoms with Crippen LogP contribution < -0.4 is 5.73 Å². The molecule has 0 aromatic heterocycles. The predicted octanol–water partition coefficient (Wildman–Crippen LogP) is 0.000400. The molecule has 0 aromatic rings. The lowest BCUT2D eigenvalue weighted by Crippen LogP contribution is -2.18. The highest BCUT2D eigenvalue weighted by Crippen LogP contribution is 1.84. The summed E-state index contributed by atoms with van der Waals surface area (Å²) in [6, 6.07) is -0.0552. The molecule has 0 amide bonds. The van der Waals surface area contributed by atoms with Crippen molar-refractivity contribution >= 4 is 0 Å². The molecule has 0 unspecified atom stereocenters. The highest BCUT2D eigenvalue weighted by atomic mass is 16.6. The van der Waals surface area contributed by atoms with Crippen LogP contribution in [0.25, 0.3) is 0 Å². The van der Waals surface area contributed by atoms with E-state index in [1.165, 1.54) is 0 Å². The minimum absolute atomic E-state index is 0.0162. The fourth-order valence-electron chi connectivity index (χ4n) is 0.309. The molecule has 0 saturated carbocycles. The van der Waals surface area contributed by atoms with Crippen LogP contribution in [0.4, 0.5) is 0 Å². The van der Waals surface area contributed by atoms with Crippen molar-refractivity contribution in [3.63, 3.8) is 0 Å². The Bertz CT molecular complexity index is 82.1. The first kappa shape index (κ1) is 7.36. The first-order valence-corrected chi connectivity index (χ1v) is 2.50. The largest absolute Gasteiger partial charge is 0.328 e. The number of nitro groups is 1. The summed E-state index contributed by atoms with van der Waals surface area (Å²) >= 11 is 0. The Morgan fingerprint density at radius 1 is 1.88 bits per heavy atom. The molecule has 8 heavy (non-hydrogen) atoms. The van der Waals surface area contributed by atoms with Gasteiger partial charge in [-0.1, -0.05) is 0 Å². The second-order valence-corrected chi connectivity index (χ2v) is 1.82. The van der Waals surface area contributed by atoms with E-state index in [2.05, 4.69) is 0 Å². The lowest BCUT2D eigenvalue weighted by Gasteiger charge is -1.96. The lowest BCUT2D eigenvalue weighted by atomic mass is 10.3. The van der Waals surface area contributed by atoms with Crippen LogP contribution in [0.3, 0.4) is 0 Å². The maximum Gasteiger partial charge on any atom is 0.205 e. The highest BCUT2D eigenvalue weighted by molar-refractivity contribution is 4.49. The Hall–Kier alpha value is -0.640. The number of nitrogens with zero attached hydrogens (tertiary/aromatic N) is 1. The monoisotopic (exact) mass is 118 g/mol. The van der Waals surface area contributed by atoms with Gasteiger partial charge >= 0.3 is 0 Å². The molecule has 0 saturated heterocycles. The molecule has 2 N–H and O–H groups in total. The summed E-state index contributed by atoms with van der Waals surface area (Å²) < 4.78 is 0. The molecule has 4 heteroatoms. The lowest BCUT2D eigenvalue weighted by molar-refractivity contribution is -0.480. The van der Waals surface area contributed by atoms with E-state index in [1.807, 2.05) is 0 Å². The topological polar surface area (TPSA) is 69.2 Å².